The van der Waals surface area contributed by atoms with E-state index in [9.17, 15) is 0 Å². The summed E-state index contributed by atoms with van der Waals surface area (Å²) in [6.07, 6.45) is 1.00. The molecule has 0 atom stereocenters. The number of rotatable bonds is 9. The number of hydrogen-bond acceptors (Lipinski definition) is 3. The molecule has 0 fully saturated rings. The first-order chi connectivity index (χ1) is 11.1. The predicted molar refractivity (Wildman–Crippen MR) is 103 cm³/mol. The Morgan fingerprint density at radius 3 is 2.17 bits per heavy atom. The second kappa shape index (κ2) is 8.75. The molecular weight excluding hydrogens is 300 g/mol. The average molecular weight is 329 g/mol. The van der Waals surface area contributed by atoms with E-state index in [4.69, 9.17) is 4.43 Å². The van der Waals surface area contributed by atoms with E-state index >= 15 is 0 Å². The van der Waals surface area contributed by atoms with Gasteiger partial charge in [-0.25, -0.2) is 0 Å². The highest BCUT2D eigenvalue weighted by Crippen LogP contribution is 2.17. The molecule has 2 aromatic rings. The number of nitrogens with one attached hydrogen (secondary N) is 1. The van der Waals surface area contributed by atoms with E-state index in [1.807, 2.05) is 6.07 Å². The SMILES string of the molecule is CCO[Si](C)(C)CN(CCNc1ccccc1)c1ccccc1. The van der Waals surface area contributed by atoms with Crippen molar-refractivity contribution >= 4 is 19.7 Å². The molecule has 0 bridgehead atoms. The van der Waals surface area contributed by atoms with Gasteiger partial charge in [-0.3, -0.25) is 0 Å². The maximum Gasteiger partial charge on any atom is 0.205 e. The summed E-state index contributed by atoms with van der Waals surface area (Å²) in [6.45, 7) is 9.33. The topological polar surface area (TPSA) is 24.5 Å². The predicted octanol–water partition coefficient (Wildman–Crippen LogP) is 4.39. The maximum atomic E-state index is 6.02. The standard InChI is InChI=1S/C19H28N2OSi/c1-4-22-23(2,3)17-21(19-13-9-6-10-14-19)16-15-20-18-11-7-5-8-12-18/h5-14,20H,4,15-17H2,1-3H3. The largest absolute Gasteiger partial charge is 0.416 e. The Balaban J connectivity index is 1.99. The molecule has 0 unspecified atom stereocenters. The molecule has 0 aliphatic carbocycles. The van der Waals surface area contributed by atoms with Gasteiger partial charge in [0.05, 0.1) is 0 Å². The zero-order valence-electron chi connectivity index (χ0n) is 14.5. The first kappa shape index (κ1) is 17.6. The van der Waals surface area contributed by atoms with Crippen LogP contribution in [0, 0.1) is 0 Å². The molecule has 0 aromatic heterocycles. The average Bonchev–Trinajstić information content (AvgIpc) is 2.55. The van der Waals surface area contributed by atoms with Crippen molar-refractivity contribution in [3.8, 4) is 0 Å². The first-order valence-electron chi connectivity index (χ1n) is 8.33. The Bertz CT molecular complexity index is 560. The fraction of sp³-hybridized carbons (Fsp3) is 0.368. The van der Waals surface area contributed by atoms with Crippen molar-refractivity contribution < 1.29 is 4.43 Å². The minimum absolute atomic E-state index is 0.796. The fourth-order valence-corrected chi connectivity index (χ4v) is 4.86. The van der Waals surface area contributed by atoms with Gasteiger partial charge in [0, 0.05) is 37.2 Å². The highest BCUT2D eigenvalue weighted by molar-refractivity contribution is 6.71. The van der Waals surface area contributed by atoms with Crippen LogP contribution in [-0.2, 0) is 4.43 Å². The summed E-state index contributed by atoms with van der Waals surface area (Å²) in [4.78, 5) is 2.44. The third-order valence-corrected chi connectivity index (χ3v) is 5.93. The van der Waals surface area contributed by atoms with Crippen LogP contribution in [0.4, 0.5) is 11.4 Å². The summed E-state index contributed by atoms with van der Waals surface area (Å²) in [5.41, 5.74) is 2.43. The van der Waals surface area contributed by atoms with Gasteiger partial charge < -0.3 is 14.6 Å². The molecule has 0 saturated carbocycles. The van der Waals surface area contributed by atoms with Gasteiger partial charge in [-0.1, -0.05) is 36.4 Å². The highest BCUT2D eigenvalue weighted by atomic mass is 28.4. The van der Waals surface area contributed by atoms with E-state index in [1.165, 1.54) is 11.4 Å². The summed E-state index contributed by atoms with van der Waals surface area (Å²) >= 11 is 0. The molecule has 23 heavy (non-hydrogen) atoms. The second-order valence-electron chi connectivity index (χ2n) is 6.24. The molecule has 0 saturated heterocycles. The van der Waals surface area contributed by atoms with Crippen molar-refractivity contribution in [2.24, 2.45) is 0 Å². The highest BCUT2D eigenvalue weighted by Gasteiger charge is 2.25. The van der Waals surface area contributed by atoms with E-state index in [0.29, 0.717) is 0 Å². The maximum absolute atomic E-state index is 6.02. The van der Waals surface area contributed by atoms with Crippen molar-refractivity contribution in [1.29, 1.82) is 0 Å². The van der Waals surface area contributed by atoms with Crippen molar-refractivity contribution in [2.75, 3.05) is 36.1 Å². The summed E-state index contributed by atoms with van der Waals surface area (Å²) < 4.78 is 6.02. The Morgan fingerprint density at radius 1 is 0.957 bits per heavy atom. The molecule has 0 heterocycles. The monoisotopic (exact) mass is 328 g/mol. The third-order valence-electron chi connectivity index (χ3n) is 3.71. The Morgan fingerprint density at radius 2 is 1.57 bits per heavy atom. The lowest BCUT2D eigenvalue weighted by molar-refractivity contribution is 0.329. The number of hydrogen-bond donors (Lipinski definition) is 1. The van der Waals surface area contributed by atoms with Gasteiger partial charge in [0.1, 0.15) is 0 Å². The zero-order chi connectivity index (χ0) is 16.5. The quantitative estimate of drug-likeness (QED) is 0.691. The fourth-order valence-electron chi connectivity index (χ4n) is 2.73. The van der Waals surface area contributed by atoms with E-state index in [2.05, 4.69) is 84.8 Å². The van der Waals surface area contributed by atoms with Crippen LogP contribution in [0.2, 0.25) is 13.1 Å². The van der Waals surface area contributed by atoms with Crippen molar-refractivity contribution in [2.45, 2.75) is 20.0 Å². The van der Waals surface area contributed by atoms with Gasteiger partial charge in [0.25, 0.3) is 0 Å². The Hall–Kier alpha value is -1.78. The molecule has 2 aromatic carbocycles. The van der Waals surface area contributed by atoms with Crippen molar-refractivity contribution in [3.05, 3.63) is 60.7 Å². The molecule has 3 nitrogen and oxygen atoms in total. The van der Waals surface area contributed by atoms with Crippen molar-refractivity contribution in [3.63, 3.8) is 0 Å². The second-order valence-corrected chi connectivity index (χ2v) is 10.4. The third kappa shape index (κ3) is 6.08. The van der Waals surface area contributed by atoms with Crippen LogP contribution in [0.5, 0.6) is 0 Å². The van der Waals surface area contributed by atoms with Crippen LogP contribution in [0.1, 0.15) is 6.92 Å². The molecule has 0 aliphatic rings. The van der Waals surface area contributed by atoms with Gasteiger partial charge in [-0.2, -0.15) is 0 Å². The summed E-state index contributed by atoms with van der Waals surface area (Å²) in [5.74, 6) is 0. The molecule has 124 valence electrons. The van der Waals surface area contributed by atoms with Gasteiger partial charge in [-0.05, 0) is 44.3 Å². The van der Waals surface area contributed by atoms with Crippen molar-refractivity contribution in [1.82, 2.24) is 0 Å². The minimum atomic E-state index is -1.68. The van der Waals surface area contributed by atoms with Gasteiger partial charge in [-0.15, -0.1) is 0 Å². The normalized spacial score (nSPS) is 11.3. The summed E-state index contributed by atoms with van der Waals surface area (Å²) in [6, 6.07) is 21.0. The molecule has 0 aliphatic heterocycles. The van der Waals surface area contributed by atoms with Crippen LogP contribution in [-0.4, -0.2) is 34.2 Å². The zero-order valence-corrected chi connectivity index (χ0v) is 15.5. The molecule has 0 radical (unpaired) electrons. The van der Waals surface area contributed by atoms with Gasteiger partial charge in [0.15, 0.2) is 0 Å². The van der Waals surface area contributed by atoms with E-state index in [-0.39, 0.29) is 0 Å². The molecule has 1 N–H and O–H groups in total. The van der Waals surface area contributed by atoms with Gasteiger partial charge >= 0.3 is 0 Å². The molecule has 2 rings (SSSR count). The Kier molecular flexibility index (Phi) is 6.68. The first-order valence-corrected chi connectivity index (χ1v) is 11.4. The van der Waals surface area contributed by atoms with E-state index < -0.39 is 8.32 Å². The number of anilines is 2. The van der Waals surface area contributed by atoms with Gasteiger partial charge in [0.2, 0.25) is 8.32 Å². The van der Waals surface area contributed by atoms with E-state index in [0.717, 1.165) is 25.9 Å². The lowest BCUT2D eigenvalue weighted by atomic mass is 10.3. The molecule has 0 spiro atoms. The summed E-state index contributed by atoms with van der Waals surface area (Å²) in [7, 11) is -1.68. The van der Waals surface area contributed by atoms with E-state index in [1.54, 1.807) is 0 Å². The lowest BCUT2D eigenvalue weighted by Gasteiger charge is -2.32. The number of nitrogens with zero attached hydrogens (tertiary/aromatic N) is 1. The molecule has 0 amide bonds. The van der Waals surface area contributed by atoms with Crippen LogP contribution < -0.4 is 10.2 Å². The van der Waals surface area contributed by atoms with Crippen LogP contribution in [0.3, 0.4) is 0 Å². The van der Waals surface area contributed by atoms with Crippen LogP contribution in [0.15, 0.2) is 60.7 Å². The van der Waals surface area contributed by atoms with Crippen LogP contribution in [0.25, 0.3) is 0 Å². The minimum Gasteiger partial charge on any atom is -0.416 e. The smallest absolute Gasteiger partial charge is 0.205 e. The molecular formula is C19H28N2OSi. The lowest BCUT2D eigenvalue weighted by Crippen LogP contribution is -2.46. The summed E-state index contributed by atoms with van der Waals surface area (Å²) in [5, 5.41) is 3.50. The number of benzene rings is 2. The van der Waals surface area contributed by atoms with Crippen LogP contribution >= 0.6 is 0 Å². The Labute approximate surface area is 141 Å². The number of para-hydroxylation sites is 2. The molecule has 4 heteroatoms.